The zero-order valence-electron chi connectivity index (χ0n) is 12.7. The molecule has 2 rings (SSSR count). The maximum Gasteiger partial charge on any atom is 0.422 e. The lowest BCUT2D eigenvalue weighted by Crippen LogP contribution is -2.46. The van der Waals surface area contributed by atoms with E-state index in [-0.39, 0.29) is 23.1 Å². The molecular formula is C13H16F3N3O4S. The number of halogens is 3. The summed E-state index contributed by atoms with van der Waals surface area (Å²) in [5.41, 5.74) is 0. The van der Waals surface area contributed by atoms with E-state index in [4.69, 9.17) is 0 Å². The minimum atomic E-state index is -4.51. The van der Waals surface area contributed by atoms with E-state index in [0.29, 0.717) is 13.0 Å². The molecule has 0 radical (unpaired) electrons. The molecule has 7 nitrogen and oxygen atoms in total. The number of carbonyl (C=O) groups is 1. The molecule has 1 aliphatic rings. The third-order valence-electron chi connectivity index (χ3n) is 3.38. The predicted molar refractivity (Wildman–Crippen MR) is 76.8 cm³/mol. The fourth-order valence-corrected chi connectivity index (χ4v) is 3.31. The Hall–Kier alpha value is -1.88. The number of pyridine rings is 1. The quantitative estimate of drug-likeness (QED) is 0.836. The van der Waals surface area contributed by atoms with Gasteiger partial charge in [0.2, 0.25) is 21.8 Å². The van der Waals surface area contributed by atoms with Crippen LogP contribution in [0.2, 0.25) is 0 Å². The largest absolute Gasteiger partial charge is 0.468 e. The van der Waals surface area contributed by atoms with Gasteiger partial charge in [0, 0.05) is 32.1 Å². The number of hydrogen-bond donors (Lipinski definition) is 1. The lowest BCUT2D eigenvalue weighted by Gasteiger charge is -2.29. The number of nitrogens with one attached hydrogen (secondary N) is 1. The van der Waals surface area contributed by atoms with Gasteiger partial charge in [-0.1, -0.05) is 0 Å². The molecule has 11 heteroatoms. The van der Waals surface area contributed by atoms with Gasteiger partial charge in [0.05, 0.1) is 6.20 Å². The fraction of sp³-hybridized carbons (Fsp3) is 0.538. The number of piperidine rings is 1. The smallest absolute Gasteiger partial charge is 0.422 e. The van der Waals surface area contributed by atoms with Crippen LogP contribution in [-0.2, 0) is 14.8 Å². The van der Waals surface area contributed by atoms with Crippen LogP contribution in [0.4, 0.5) is 13.2 Å². The molecule has 0 unspecified atom stereocenters. The molecule has 0 aliphatic carbocycles. The average Bonchev–Trinajstić information content (AvgIpc) is 2.48. The zero-order valence-corrected chi connectivity index (χ0v) is 13.5. The van der Waals surface area contributed by atoms with Gasteiger partial charge in [-0.2, -0.15) is 13.2 Å². The molecule has 1 aliphatic heterocycles. The van der Waals surface area contributed by atoms with Gasteiger partial charge >= 0.3 is 6.18 Å². The summed E-state index contributed by atoms with van der Waals surface area (Å²) in [4.78, 5) is 16.4. The first-order valence-corrected chi connectivity index (χ1v) is 8.47. The van der Waals surface area contributed by atoms with Crippen LogP contribution >= 0.6 is 0 Å². The Morgan fingerprint density at radius 3 is 2.67 bits per heavy atom. The van der Waals surface area contributed by atoms with Gasteiger partial charge in [0.15, 0.2) is 6.61 Å². The normalized spacial score (nSPS) is 19.4. The van der Waals surface area contributed by atoms with E-state index in [1.807, 2.05) is 0 Å². The van der Waals surface area contributed by atoms with Crippen molar-refractivity contribution in [1.29, 1.82) is 0 Å². The monoisotopic (exact) mass is 367 g/mol. The maximum absolute atomic E-state index is 12.2. The van der Waals surface area contributed by atoms with Crippen LogP contribution in [0.25, 0.3) is 0 Å². The first-order valence-electron chi connectivity index (χ1n) is 6.99. The van der Waals surface area contributed by atoms with Crippen LogP contribution in [0.3, 0.4) is 0 Å². The number of alkyl halides is 3. The van der Waals surface area contributed by atoms with Gasteiger partial charge in [0.25, 0.3) is 0 Å². The van der Waals surface area contributed by atoms with Crippen molar-refractivity contribution in [2.24, 2.45) is 0 Å². The van der Waals surface area contributed by atoms with Crippen molar-refractivity contribution in [3.63, 3.8) is 0 Å². The highest BCUT2D eigenvalue weighted by Crippen LogP contribution is 2.19. The highest BCUT2D eigenvalue weighted by atomic mass is 32.2. The molecule has 24 heavy (non-hydrogen) atoms. The maximum atomic E-state index is 12.2. The van der Waals surface area contributed by atoms with Crippen molar-refractivity contribution < 1.29 is 31.1 Å². The molecule has 2 heterocycles. The molecule has 1 amide bonds. The van der Waals surface area contributed by atoms with Crippen molar-refractivity contribution in [2.45, 2.75) is 30.0 Å². The molecule has 0 bridgehead atoms. The molecule has 134 valence electrons. The van der Waals surface area contributed by atoms with Gasteiger partial charge in [-0.05, 0) is 12.5 Å². The van der Waals surface area contributed by atoms with E-state index >= 15 is 0 Å². The first kappa shape index (κ1) is 18.5. The Morgan fingerprint density at radius 2 is 2.12 bits per heavy atom. The molecule has 0 aromatic carbocycles. The number of ether oxygens (including phenoxy) is 1. The van der Waals surface area contributed by atoms with E-state index < -0.39 is 28.8 Å². The van der Waals surface area contributed by atoms with Crippen LogP contribution < -0.4 is 9.46 Å². The molecule has 1 N–H and O–H groups in total. The standard InChI is InChI=1S/C13H16F3N3O4S/c1-19-5-4-9(6-12(19)20)18-24(21,22)10-2-3-11(17-7-10)23-8-13(14,15)16/h2-3,7,9,18H,4-6,8H2,1H3/t9-/m1/s1. The highest BCUT2D eigenvalue weighted by molar-refractivity contribution is 7.89. The van der Waals surface area contributed by atoms with Crippen molar-refractivity contribution in [3.05, 3.63) is 18.3 Å². The number of sulfonamides is 1. The average molecular weight is 367 g/mol. The Morgan fingerprint density at radius 1 is 1.42 bits per heavy atom. The summed E-state index contributed by atoms with van der Waals surface area (Å²) >= 11 is 0. The molecule has 1 saturated heterocycles. The molecule has 1 fully saturated rings. The van der Waals surface area contributed by atoms with Crippen LogP contribution in [0, 0.1) is 0 Å². The van der Waals surface area contributed by atoms with Crippen molar-refractivity contribution in [1.82, 2.24) is 14.6 Å². The van der Waals surface area contributed by atoms with Crippen LogP contribution in [-0.4, -0.2) is 56.6 Å². The van der Waals surface area contributed by atoms with E-state index in [2.05, 4.69) is 14.4 Å². The van der Waals surface area contributed by atoms with Crippen molar-refractivity contribution in [3.8, 4) is 5.88 Å². The molecule has 1 aromatic heterocycles. The second-order valence-corrected chi connectivity index (χ2v) is 7.08. The number of amides is 1. The predicted octanol–water partition coefficient (Wildman–Crippen LogP) is 0.922. The van der Waals surface area contributed by atoms with E-state index in [1.165, 1.54) is 4.90 Å². The Balaban J connectivity index is 2.00. The zero-order chi connectivity index (χ0) is 18.0. The Labute approximate surface area is 136 Å². The summed E-state index contributed by atoms with van der Waals surface area (Å²) < 4.78 is 67.4. The van der Waals surface area contributed by atoms with E-state index in [0.717, 1.165) is 18.3 Å². The summed E-state index contributed by atoms with van der Waals surface area (Å²) in [6.45, 7) is -1.07. The second kappa shape index (κ2) is 6.93. The van der Waals surface area contributed by atoms with E-state index in [9.17, 15) is 26.4 Å². The summed E-state index contributed by atoms with van der Waals surface area (Å²) in [6, 6.07) is 1.61. The number of carbonyl (C=O) groups excluding carboxylic acids is 1. The van der Waals surface area contributed by atoms with Gasteiger partial charge in [-0.25, -0.2) is 18.1 Å². The molecular weight excluding hydrogens is 351 g/mol. The third kappa shape index (κ3) is 5.06. The highest BCUT2D eigenvalue weighted by Gasteiger charge is 2.29. The molecule has 1 aromatic rings. The SMILES string of the molecule is CN1CC[C@@H](NS(=O)(=O)c2ccc(OCC(F)(F)F)nc2)CC1=O. The lowest BCUT2D eigenvalue weighted by atomic mass is 10.1. The van der Waals surface area contributed by atoms with Gasteiger partial charge in [-0.3, -0.25) is 4.79 Å². The third-order valence-corrected chi connectivity index (χ3v) is 4.89. The topological polar surface area (TPSA) is 88.6 Å². The Bertz CT molecular complexity index is 691. The van der Waals surface area contributed by atoms with E-state index in [1.54, 1.807) is 7.05 Å². The fourth-order valence-electron chi connectivity index (χ4n) is 2.10. The summed E-state index contributed by atoms with van der Waals surface area (Å²) in [7, 11) is -2.29. The first-order chi connectivity index (χ1) is 11.1. The summed E-state index contributed by atoms with van der Waals surface area (Å²) in [5.74, 6) is -0.497. The summed E-state index contributed by atoms with van der Waals surface area (Å²) in [6.07, 6.45) is -3.07. The van der Waals surface area contributed by atoms with Crippen LogP contribution in [0.15, 0.2) is 23.2 Å². The van der Waals surface area contributed by atoms with Crippen LogP contribution in [0.1, 0.15) is 12.8 Å². The van der Waals surface area contributed by atoms with Gasteiger partial charge in [0.1, 0.15) is 4.90 Å². The molecule has 0 spiro atoms. The van der Waals surface area contributed by atoms with Gasteiger partial charge in [-0.15, -0.1) is 0 Å². The summed E-state index contributed by atoms with van der Waals surface area (Å²) in [5, 5.41) is 0. The van der Waals surface area contributed by atoms with Crippen molar-refractivity contribution in [2.75, 3.05) is 20.2 Å². The Kier molecular flexibility index (Phi) is 5.33. The minimum Gasteiger partial charge on any atom is -0.468 e. The minimum absolute atomic E-state index is 0.0515. The molecule has 1 atom stereocenters. The second-order valence-electron chi connectivity index (χ2n) is 5.36. The van der Waals surface area contributed by atoms with Crippen LogP contribution in [0.5, 0.6) is 5.88 Å². The number of hydrogen-bond acceptors (Lipinski definition) is 5. The number of nitrogens with zero attached hydrogens (tertiary/aromatic N) is 2. The number of aromatic nitrogens is 1. The lowest BCUT2D eigenvalue weighted by molar-refractivity contribution is -0.154. The van der Waals surface area contributed by atoms with Gasteiger partial charge < -0.3 is 9.64 Å². The molecule has 0 saturated carbocycles. The number of likely N-dealkylation sites (tertiary alicyclic amines) is 1. The number of rotatable bonds is 5. The van der Waals surface area contributed by atoms with Crippen molar-refractivity contribution >= 4 is 15.9 Å².